The molecule has 9 heteroatoms. The van der Waals surface area contributed by atoms with Gasteiger partial charge in [-0.3, -0.25) is 13.9 Å². The van der Waals surface area contributed by atoms with Crippen molar-refractivity contribution in [2.45, 2.75) is 39.0 Å². The second kappa shape index (κ2) is 7.30. The molecule has 0 bridgehead atoms. The van der Waals surface area contributed by atoms with Crippen LogP contribution in [0, 0.1) is 0 Å². The summed E-state index contributed by atoms with van der Waals surface area (Å²) in [6.07, 6.45) is -2.31. The molecule has 0 fully saturated rings. The van der Waals surface area contributed by atoms with Crippen LogP contribution in [-0.2, 0) is 17.8 Å². The Morgan fingerprint density at radius 2 is 1.95 bits per heavy atom. The van der Waals surface area contributed by atoms with E-state index in [-0.39, 0.29) is 25.3 Å². The largest absolute Gasteiger partial charge is 0.411 e. The molecule has 21 heavy (non-hydrogen) atoms. The number of aromatic nitrogens is 2. The number of alkyl halides is 3. The van der Waals surface area contributed by atoms with Crippen molar-refractivity contribution < 1.29 is 17.9 Å². The smallest absolute Gasteiger partial charge is 0.393 e. The fraction of sp³-hybridized carbons (Fsp3) is 0.667. The van der Waals surface area contributed by atoms with Gasteiger partial charge in [0.1, 0.15) is 12.3 Å². The number of anilines is 1. The Bertz CT molecular complexity index is 578. The molecule has 120 valence electrons. The zero-order valence-corrected chi connectivity index (χ0v) is 11.7. The van der Waals surface area contributed by atoms with E-state index in [1.54, 1.807) is 0 Å². The lowest BCUT2D eigenvalue weighted by Crippen LogP contribution is -2.41. The molecule has 0 unspecified atom stereocenters. The lowest BCUT2D eigenvalue weighted by Gasteiger charge is -2.11. The van der Waals surface area contributed by atoms with Gasteiger partial charge in [-0.15, -0.1) is 0 Å². The Hall–Kier alpha value is -1.77. The minimum Gasteiger partial charge on any atom is -0.393 e. The summed E-state index contributed by atoms with van der Waals surface area (Å²) >= 11 is 0. The molecule has 0 aliphatic carbocycles. The number of ether oxygens (including phenoxy) is 1. The maximum Gasteiger partial charge on any atom is 0.411 e. The van der Waals surface area contributed by atoms with E-state index in [4.69, 9.17) is 5.73 Å². The standard InChI is InChI=1S/C12H18F3N3O3/c1-2-4-17-7-9(16)10(19)18(11(17)20)5-3-6-21-8-12(13,14)15/h7H,2-6,8,16H2,1H3. The number of hydrogen-bond donors (Lipinski definition) is 1. The third-order valence-corrected chi connectivity index (χ3v) is 2.66. The Labute approximate surface area is 118 Å². The minimum atomic E-state index is -4.39. The molecular weight excluding hydrogens is 291 g/mol. The van der Waals surface area contributed by atoms with Gasteiger partial charge in [-0.25, -0.2) is 4.79 Å². The Morgan fingerprint density at radius 1 is 1.29 bits per heavy atom. The van der Waals surface area contributed by atoms with Crippen molar-refractivity contribution >= 4 is 5.69 Å². The van der Waals surface area contributed by atoms with Gasteiger partial charge in [0.2, 0.25) is 0 Å². The van der Waals surface area contributed by atoms with Gasteiger partial charge >= 0.3 is 11.9 Å². The third-order valence-electron chi connectivity index (χ3n) is 2.66. The third kappa shape index (κ3) is 5.25. The van der Waals surface area contributed by atoms with Crippen LogP contribution in [0.15, 0.2) is 15.8 Å². The predicted octanol–water partition coefficient (Wildman–Crippen LogP) is 0.971. The molecule has 6 nitrogen and oxygen atoms in total. The summed E-state index contributed by atoms with van der Waals surface area (Å²) in [7, 11) is 0. The first-order valence-electron chi connectivity index (χ1n) is 6.50. The average Bonchev–Trinajstić information content (AvgIpc) is 2.38. The van der Waals surface area contributed by atoms with Gasteiger partial charge in [-0.1, -0.05) is 6.92 Å². The van der Waals surface area contributed by atoms with Gasteiger partial charge < -0.3 is 10.5 Å². The van der Waals surface area contributed by atoms with Gasteiger partial charge in [0.25, 0.3) is 5.56 Å². The first-order valence-corrected chi connectivity index (χ1v) is 6.50. The van der Waals surface area contributed by atoms with Crippen molar-refractivity contribution in [1.29, 1.82) is 0 Å². The summed E-state index contributed by atoms with van der Waals surface area (Å²) < 4.78 is 42.3. The van der Waals surface area contributed by atoms with Crippen LogP contribution in [0.1, 0.15) is 19.8 Å². The quantitative estimate of drug-likeness (QED) is 0.761. The van der Waals surface area contributed by atoms with Gasteiger partial charge in [-0.05, 0) is 12.8 Å². The summed E-state index contributed by atoms with van der Waals surface area (Å²) in [4.78, 5) is 23.8. The van der Waals surface area contributed by atoms with E-state index < -0.39 is 24.0 Å². The zero-order valence-electron chi connectivity index (χ0n) is 11.7. The Kier molecular flexibility index (Phi) is 6.01. The topological polar surface area (TPSA) is 79.2 Å². The summed E-state index contributed by atoms with van der Waals surface area (Å²) in [5.41, 5.74) is 4.31. The number of rotatable bonds is 7. The number of nitrogens with zero attached hydrogens (tertiary/aromatic N) is 2. The van der Waals surface area contributed by atoms with Crippen LogP contribution >= 0.6 is 0 Å². The lowest BCUT2D eigenvalue weighted by atomic mass is 10.4. The van der Waals surface area contributed by atoms with Crippen molar-refractivity contribution in [3.05, 3.63) is 27.0 Å². The summed E-state index contributed by atoms with van der Waals surface area (Å²) in [6.45, 7) is 0.689. The second-order valence-electron chi connectivity index (χ2n) is 4.54. The van der Waals surface area contributed by atoms with E-state index in [2.05, 4.69) is 4.74 Å². The van der Waals surface area contributed by atoms with Crippen molar-refractivity contribution in [2.75, 3.05) is 18.9 Å². The van der Waals surface area contributed by atoms with Crippen LogP contribution in [0.2, 0.25) is 0 Å². The molecule has 0 aliphatic heterocycles. The summed E-state index contributed by atoms with van der Waals surface area (Å²) in [5.74, 6) is 0. The molecule has 1 aromatic heterocycles. The van der Waals surface area contributed by atoms with Gasteiger partial charge in [-0.2, -0.15) is 13.2 Å². The fourth-order valence-corrected chi connectivity index (χ4v) is 1.79. The van der Waals surface area contributed by atoms with E-state index >= 15 is 0 Å². The molecule has 0 spiro atoms. The number of nitrogen functional groups attached to an aromatic ring is 1. The number of hydrogen-bond acceptors (Lipinski definition) is 4. The molecule has 0 saturated heterocycles. The summed E-state index contributed by atoms with van der Waals surface area (Å²) in [6, 6.07) is 0. The van der Waals surface area contributed by atoms with Crippen molar-refractivity contribution in [1.82, 2.24) is 9.13 Å². The normalized spacial score (nSPS) is 11.8. The maximum absolute atomic E-state index is 12.0. The fourth-order valence-electron chi connectivity index (χ4n) is 1.79. The molecule has 0 radical (unpaired) electrons. The van der Waals surface area contributed by atoms with Crippen LogP contribution in [0.5, 0.6) is 0 Å². The number of aryl methyl sites for hydroxylation is 1. The first kappa shape index (κ1) is 17.3. The molecule has 0 aliphatic rings. The molecule has 0 amide bonds. The molecule has 0 atom stereocenters. The first-order chi connectivity index (χ1) is 9.76. The van der Waals surface area contributed by atoms with Crippen LogP contribution in [-0.4, -0.2) is 28.5 Å². The minimum absolute atomic E-state index is 0.0374. The van der Waals surface area contributed by atoms with Gasteiger partial charge in [0.05, 0.1) is 0 Å². The summed E-state index contributed by atoms with van der Waals surface area (Å²) in [5, 5.41) is 0. The number of halogens is 3. The van der Waals surface area contributed by atoms with E-state index in [0.717, 1.165) is 4.57 Å². The highest BCUT2D eigenvalue weighted by molar-refractivity contribution is 5.30. The second-order valence-corrected chi connectivity index (χ2v) is 4.54. The van der Waals surface area contributed by atoms with Crippen LogP contribution in [0.4, 0.5) is 18.9 Å². The molecule has 0 aromatic carbocycles. The molecule has 0 saturated carbocycles. The van der Waals surface area contributed by atoms with Crippen molar-refractivity contribution in [3.8, 4) is 0 Å². The van der Waals surface area contributed by atoms with Crippen LogP contribution < -0.4 is 17.0 Å². The average molecular weight is 309 g/mol. The van der Waals surface area contributed by atoms with E-state index in [0.29, 0.717) is 13.0 Å². The lowest BCUT2D eigenvalue weighted by molar-refractivity contribution is -0.174. The van der Waals surface area contributed by atoms with Gasteiger partial charge in [0, 0.05) is 25.9 Å². The van der Waals surface area contributed by atoms with Gasteiger partial charge in [0.15, 0.2) is 0 Å². The molecule has 2 N–H and O–H groups in total. The molecule has 1 aromatic rings. The highest BCUT2D eigenvalue weighted by Crippen LogP contribution is 2.14. The van der Waals surface area contributed by atoms with E-state index in [1.807, 2.05) is 6.92 Å². The van der Waals surface area contributed by atoms with Crippen molar-refractivity contribution in [2.24, 2.45) is 0 Å². The molecular formula is C12H18F3N3O3. The predicted molar refractivity (Wildman–Crippen MR) is 71.2 cm³/mol. The Morgan fingerprint density at radius 3 is 2.52 bits per heavy atom. The zero-order chi connectivity index (χ0) is 16.0. The van der Waals surface area contributed by atoms with Crippen molar-refractivity contribution in [3.63, 3.8) is 0 Å². The Balaban J connectivity index is 2.71. The SMILES string of the molecule is CCCn1cc(N)c(=O)n(CCCOCC(F)(F)F)c1=O. The van der Waals surface area contributed by atoms with E-state index in [1.165, 1.54) is 10.8 Å². The molecule has 1 rings (SSSR count). The van der Waals surface area contributed by atoms with Crippen LogP contribution in [0.3, 0.4) is 0 Å². The molecule has 1 heterocycles. The highest BCUT2D eigenvalue weighted by Gasteiger charge is 2.27. The monoisotopic (exact) mass is 309 g/mol. The van der Waals surface area contributed by atoms with E-state index in [9.17, 15) is 22.8 Å². The van der Waals surface area contributed by atoms with Crippen LogP contribution in [0.25, 0.3) is 0 Å². The maximum atomic E-state index is 12.0. The highest BCUT2D eigenvalue weighted by atomic mass is 19.4. The number of nitrogens with two attached hydrogens (primary N) is 1.